The van der Waals surface area contributed by atoms with Crippen LogP contribution in [0.3, 0.4) is 0 Å². The third-order valence-electron chi connectivity index (χ3n) is 4.26. The quantitative estimate of drug-likeness (QED) is 0.673. The zero-order chi connectivity index (χ0) is 18.6. The van der Waals surface area contributed by atoms with Gasteiger partial charge in [-0.2, -0.15) is 0 Å². The van der Waals surface area contributed by atoms with Gasteiger partial charge in [-0.1, -0.05) is 6.07 Å². The topological polar surface area (TPSA) is 100 Å². The molecule has 0 bridgehead atoms. The molecule has 1 aromatic carbocycles. The maximum Gasteiger partial charge on any atom is 0.251 e. The number of rotatable bonds is 7. The third-order valence-corrected chi connectivity index (χ3v) is 5.72. The fraction of sp³-hybridized carbons (Fsp3) is 0.389. The van der Waals surface area contributed by atoms with Gasteiger partial charge >= 0.3 is 0 Å². The molecule has 1 amide bonds. The van der Waals surface area contributed by atoms with Crippen molar-refractivity contribution in [2.45, 2.75) is 30.7 Å². The Morgan fingerprint density at radius 1 is 1.31 bits per heavy atom. The molecule has 0 saturated carbocycles. The Bertz CT molecular complexity index is 870. The highest BCUT2D eigenvalue weighted by atomic mass is 32.2. The Hall–Kier alpha value is -2.16. The molecule has 3 N–H and O–H groups in total. The molecule has 140 valence electrons. The van der Waals surface area contributed by atoms with Gasteiger partial charge in [-0.05, 0) is 50.2 Å². The minimum absolute atomic E-state index is 0.0744. The highest BCUT2D eigenvalue weighted by Crippen LogP contribution is 2.13. The summed E-state index contributed by atoms with van der Waals surface area (Å²) in [5.74, 6) is 1.25. The normalized spacial score (nSPS) is 17.3. The number of benzene rings is 1. The molecule has 26 heavy (non-hydrogen) atoms. The van der Waals surface area contributed by atoms with Crippen LogP contribution >= 0.6 is 0 Å². The number of hydrogen-bond donors (Lipinski definition) is 3. The van der Waals surface area contributed by atoms with Crippen molar-refractivity contribution in [2.75, 3.05) is 19.6 Å². The smallest absolute Gasteiger partial charge is 0.251 e. The average Bonchev–Trinajstić information content (AvgIpc) is 3.27. The third kappa shape index (κ3) is 4.72. The first-order valence-electron chi connectivity index (χ1n) is 8.61. The maximum absolute atomic E-state index is 12.5. The van der Waals surface area contributed by atoms with Crippen LogP contribution in [0.25, 0.3) is 0 Å². The summed E-state index contributed by atoms with van der Waals surface area (Å²) in [7, 11) is -3.69. The molecule has 0 aliphatic carbocycles. The second-order valence-corrected chi connectivity index (χ2v) is 8.12. The lowest BCUT2D eigenvalue weighted by atomic mass is 10.2. The molecule has 2 heterocycles. The lowest BCUT2D eigenvalue weighted by Gasteiger charge is -2.12. The SMILES string of the molecule is Cc1ccc(CCNS(=O)(=O)c2cccc(C(=O)N[C@H]3CCNC3)c2)o1. The molecule has 7 nitrogen and oxygen atoms in total. The van der Waals surface area contributed by atoms with Gasteiger partial charge in [-0.3, -0.25) is 4.79 Å². The van der Waals surface area contributed by atoms with E-state index in [0.717, 1.165) is 31.0 Å². The molecule has 1 aromatic heterocycles. The number of sulfonamides is 1. The van der Waals surface area contributed by atoms with Crippen molar-refractivity contribution in [1.82, 2.24) is 15.4 Å². The van der Waals surface area contributed by atoms with Crippen LogP contribution in [0.4, 0.5) is 0 Å². The predicted molar refractivity (Wildman–Crippen MR) is 97.5 cm³/mol. The lowest BCUT2D eigenvalue weighted by Crippen LogP contribution is -2.36. The molecule has 1 saturated heterocycles. The van der Waals surface area contributed by atoms with Crippen LogP contribution in [0.5, 0.6) is 0 Å². The molecule has 1 aliphatic heterocycles. The first-order chi connectivity index (χ1) is 12.4. The second-order valence-electron chi connectivity index (χ2n) is 6.35. The first kappa shape index (κ1) is 18.6. The van der Waals surface area contributed by atoms with Gasteiger partial charge in [0.05, 0.1) is 4.90 Å². The molecule has 0 spiro atoms. The van der Waals surface area contributed by atoms with Crippen LogP contribution in [0.1, 0.15) is 28.3 Å². The van der Waals surface area contributed by atoms with Crippen molar-refractivity contribution in [1.29, 1.82) is 0 Å². The minimum Gasteiger partial charge on any atom is -0.466 e. The zero-order valence-corrected chi connectivity index (χ0v) is 15.4. The van der Waals surface area contributed by atoms with Crippen LogP contribution in [0.2, 0.25) is 0 Å². The highest BCUT2D eigenvalue weighted by molar-refractivity contribution is 7.89. The van der Waals surface area contributed by atoms with Crippen LogP contribution in [-0.4, -0.2) is 40.0 Å². The van der Waals surface area contributed by atoms with E-state index in [2.05, 4.69) is 15.4 Å². The Labute approximate surface area is 153 Å². The number of carbonyl (C=O) groups is 1. The van der Waals surface area contributed by atoms with E-state index < -0.39 is 10.0 Å². The van der Waals surface area contributed by atoms with Crippen LogP contribution in [-0.2, 0) is 16.4 Å². The van der Waals surface area contributed by atoms with Crippen molar-refractivity contribution in [3.05, 3.63) is 53.5 Å². The van der Waals surface area contributed by atoms with Gasteiger partial charge in [-0.25, -0.2) is 13.1 Å². The Kier molecular flexibility index (Phi) is 5.75. The van der Waals surface area contributed by atoms with Crippen molar-refractivity contribution in [3.63, 3.8) is 0 Å². The Morgan fingerprint density at radius 3 is 2.85 bits per heavy atom. The predicted octanol–water partition coefficient (Wildman–Crippen LogP) is 1.20. The standard InChI is InChI=1S/C18H23N3O4S/c1-13-5-6-16(25-13)8-10-20-26(23,24)17-4-2-3-14(11-17)18(22)21-15-7-9-19-12-15/h2-6,11,15,19-20H,7-10,12H2,1H3,(H,21,22)/t15-/m0/s1. The summed E-state index contributed by atoms with van der Waals surface area (Å²) in [5.41, 5.74) is 0.335. The van der Waals surface area contributed by atoms with Crippen molar-refractivity contribution in [2.24, 2.45) is 0 Å². The van der Waals surface area contributed by atoms with Gasteiger partial charge in [0.1, 0.15) is 11.5 Å². The number of furan rings is 1. The van der Waals surface area contributed by atoms with E-state index >= 15 is 0 Å². The average molecular weight is 377 g/mol. The number of nitrogens with one attached hydrogen (secondary N) is 3. The number of carbonyl (C=O) groups excluding carboxylic acids is 1. The zero-order valence-electron chi connectivity index (χ0n) is 14.6. The van der Waals surface area contributed by atoms with Gasteiger partial charge in [0, 0.05) is 31.1 Å². The summed E-state index contributed by atoms with van der Waals surface area (Å²) in [5, 5.41) is 6.09. The molecular formula is C18H23N3O4S. The Balaban J connectivity index is 1.62. The van der Waals surface area contributed by atoms with E-state index in [0.29, 0.717) is 12.0 Å². The van der Waals surface area contributed by atoms with Crippen molar-refractivity contribution >= 4 is 15.9 Å². The van der Waals surface area contributed by atoms with Crippen molar-refractivity contribution in [3.8, 4) is 0 Å². The summed E-state index contributed by atoms with van der Waals surface area (Å²) in [6, 6.07) is 9.81. The monoisotopic (exact) mass is 377 g/mol. The molecule has 0 radical (unpaired) electrons. The Morgan fingerprint density at radius 2 is 2.15 bits per heavy atom. The molecule has 1 aliphatic rings. The van der Waals surface area contributed by atoms with Crippen LogP contribution in [0.15, 0.2) is 45.7 Å². The molecule has 1 atom stereocenters. The molecule has 2 aromatic rings. The highest BCUT2D eigenvalue weighted by Gasteiger charge is 2.20. The lowest BCUT2D eigenvalue weighted by molar-refractivity contribution is 0.0940. The van der Waals surface area contributed by atoms with Crippen LogP contribution < -0.4 is 15.4 Å². The summed E-state index contributed by atoms with van der Waals surface area (Å²) >= 11 is 0. The van der Waals surface area contributed by atoms with E-state index in [1.807, 2.05) is 19.1 Å². The van der Waals surface area contributed by atoms with E-state index in [1.165, 1.54) is 12.1 Å². The second kappa shape index (κ2) is 8.03. The number of hydrogen-bond acceptors (Lipinski definition) is 5. The van der Waals surface area contributed by atoms with E-state index in [1.54, 1.807) is 12.1 Å². The van der Waals surface area contributed by atoms with Crippen LogP contribution in [0, 0.1) is 6.92 Å². The van der Waals surface area contributed by atoms with Crippen molar-refractivity contribution < 1.29 is 17.6 Å². The summed E-state index contributed by atoms with van der Waals surface area (Å²) in [6.45, 7) is 3.67. The largest absolute Gasteiger partial charge is 0.466 e. The van der Waals surface area contributed by atoms with E-state index in [4.69, 9.17) is 4.42 Å². The summed E-state index contributed by atoms with van der Waals surface area (Å²) < 4.78 is 32.9. The first-order valence-corrected chi connectivity index (χ1v) is 10.1. The molecule has 1 fully saturated rings. The molecule has 8 heteroatoms. The summed E-state index contributed by atoms with van der Waals surface area (Å²) in [4.78, 5) is 12.4. The molecule has 3 rings (SSSR count). The molecular weight excluding hydrogens is 354 g/mol. The van der Waals surface area contributed by atoms with E-state index in [9.17, 15) is 13.2 Å². The van der Waals surface area contributed by atoms with E-state index in [-0.39, 0.29) is 23.4 Å². The van der Waals surface area contributed by atoms with Gasteiger partial charge in [-0.15, -0.1) is 0 Å². The molecule has 0 unspecified atom stereocenters. The van der Waals surface area contributed by atoms with Gasteiger partial charge in [0.25, 0.3) is 5.91 Å². The number of aryl methyl sites for hydroxylation is 1. The fourth-order valence-electron chi connectivity index (χ4n) is 2.86. The maximum atomic E-state index is 12.5. The minimum atomic E-state index is -3.69. The van der Waals surface area contributed by atoms with Gasteiger partial charge in [0.15, 0.2) is 0 Å². The van der Waals surface area contributed by atoms with Gasteiger partial charge in [0.2, 0.25) is 10.0 Å². The number of amides is 1. The summed E-state index contributed by atoms with van der Waals surface area (Å²) in [6.07, 6.45) is 1.33. The fourth-order valence-corrected chi connectivity index (χ4v) is 3.94. The van der Waals surface area contributed by atoms with Gasteiger partial charge < -0.3 is 15.1 Å².